The molecule has 0 unspecified atom stereocenters. The Bertz CT molecular complexity index is 801. The van der Waals surface area contributed by atoms with E-state index in [0.29, 0.717) is 0 Å². The monoisotopic (exact) mass is 327 g/mol. The van der Waals surface area contributed by atoms with Crippen LogP contribution in [0.25, 0.3) is 5.76 Å². The number of fused-ring (bicyclic) bond motifs is 1. The van der Waals surface area contributed by atoms with Crippen molar-refractivity contribution in [2.75, 3.05) is 0 Å². The molecule has 0 saturated heterocycles. The number of hydrogen-bond donors (Lipinski definition) is 0. The van der Waals surface area contributed by atoms with Crippen LogP contribution in [0.3, 0.4) is 0 Å². The van der Waals surface area contributed by atoms with Gasteiger partial charge in [-0.3, -0.25) is 0 Å². The molecule has 0 aliphatic heterocycles. The molecular formula is C22H19OSi. The highest BCUT2D eigenvalue weighted by atomic mass is 28.3. The van der Waals surface area contributed by atoms with Crippen LogP contribution < -0.4 is 10.4 Å². The molecule has 0 atom stereocenters. The third-order valence-electron chi connectivity index (χ3n) is 4.31. The Kier molecular flexibility index (Phi) is 4.30. The minimum absolute atomic E-state index is 1.04. The van der Waals surface area contributed by atoms with Crippen molar-refractivity contribution in [1.29, 1.82) is 0 Å². The first kappa shape index (κ1) is 15.0. The first-order valence-electron chi connectivity index (χ1n) is 8.36. The number of allylic oxidation sites excluding steroid dienone is 1. The molecule has 0 N–H and O–H groups in total. The summed E-state index contributed by atoms with van der Waals surface area (Å²) in [6.07, 6.45) is 4.39. The molecular weight excluding hydrogens is 308 g/mol. The second-order valence-corrected chi connectivity index (χ2v) is 7.94. The zero-order chi connectivity index (χ0) is 16.2. The van der Waals surface area contributed by atoms with Crippen molar-refractivity contribution >= 4 is 25.2 Å². The normalized spacial score (nSPS) is 13.3. The highest BCUT2D eigenvalue weighted by molar-refractivity contribution is 6.80. The molecule has 1 radical (unpaired) electrons. The van der Waals surface area contributed by atoms with Crippen molar-refractivity contribution in [2.45, 2.75) is 12.8 Å². The molecule has 1 aliphatic rings. The zero-order valence-corrected chi connectivity index (χ0v) is 14.5. The molecule has 0 bridgehead atoms. The van der Waals surface area contributed by atoms with E-state index in [4.69, 9.17) is 4.43 Å². The van der Waals surface area contributed by atoms with Gasteiger partial charge in [-0.25, -0.2) is 0 Å². The topological polar surface area (TPSA) is 9.23 Å². The van der Waals surface area contributed by atoms with Crippen LogP contribution in [0.1, 0.15) is 17.5 Å². The second kappa shape index (κ2) is 6.89. The van der Waals surface area contributed by atoms with Crippen molar-refractivity contribution < 1.29 is 4.43 Å². The van der Waals surface area contributed by atoms with Gasteiger partial charge in [-0.15, -0.1) is 0 Å². The van der Waals surface area contributed by atoms with E-state index in [1.54, 1.807) is 0 Å². The Morgan fingerprint density at radius 3 is 1.92 bits per heavy atom. The van der Waals surface area contributed by atoms with Gasteiger partial charge in [0.15, 0.2) is 0 Å². The molecule has 1 nitrogen and oxygen atoms in total. The highest BCUT2D eigenvalue weighted by Gasteiger charge is 2.24. The minimum atomic E-state index is -1.31. The quantitative estimate of drug-likeness (QED) is 0.662. The predicted molar refractivity (Wildman–Crippen MR) is 102 cm³/mol. The van der Waals surface area contributed by atoms with E-state index in [0.717, 1.165) is 18.6 Å². The van der Waals surface area contributed by atoms with Crippen molar-refractivity contribution in [2.24, 2.45) is 0 Å². The zero-order valence-electron chi connectivity index (χ0n) is 13.5. The van der Waals surface area contributed by atoms with Crippen LogP contribution in [0.15, 0.2) is 91.0 Å². The number of aryl methyl sites for hydroxylation is 1. The van der Waals surface area contributed by atoms with Crippen molar-refractivity contribution in [1.82, 2.24) is 0 Å². The molecule has 1 aliphatic carbocycles. The summed E-state index contributed by atoms with van der Waals surface area (Å²) in [6, 6.07) is 29.8. The van der Waals surface area contributed by atoms with Gasteiger partial charge < -0.3 is 4.43 Å². The molecule has 117 valence electrons. The third kappa shape index (κ3) is 3.06. The summed E-state index contributed by atoms with van der Waals surface area (Å²) < 4.78 is 6.65. The van der Waals surface area contributed by atoms with Crippen molar-refractivity contribution in [3.63, 3.8) is 0 Å². The lowest BCUT2D eigenvalue weighted by atomic mass is 9.96. The number of rotatable bonds is 4. The van der Waals surface area contributed by atoms with Crippen LogP contribution in [-0.4, -0.2) is 9.04 Å². The maximum absolute atomic E-state index is 6.65. The Morgan fingerprint density at radius 2 is 1.25 bits per heavy atom. The maximum atomic E-state index is 6.65. The van der Waals surface area contributed by atoms with Crippen molar-refractivity contribution in [3.8, 4) is 0 Å². The molecule has 0 aromatic heterocycles. The summed E-state index contributed by atoms with van der Waals surface area (Å²) in [5.41, 5.74) is 2.63. The number of benzene rings is 3. The summed E-state index contributed by atoms with van der Waals surface area (Å²) in [7, 11) is -1.31. The summed E-state index contributed by atoms with van der Waals surface area (Å²) in [6.45, 7) is 0. The molecule has 0 spiro atoms. The Labute approximate surface area is 145 Å². The average molecular weight is 327 g/mol. The van der Waals surface area contributed by atoms with Gasteiger partial charge in [-0.05, 0) is 34.9 Å². The average Bonchev–Trinajstić information content (AvgIpc) is 2.67. The lowest BCUT2D eigenvalue weighted by Crippen LogP contribution is -2.44. The Morgan fingerprint density at radius 1 is 0.667 bits per heavy atom. The van der Waals surface area contributed by atoms with E-state index in [2.05, 4.69) is 91.0 Å². The molecule has 4 rings (SSSR count). The van der Waals surface area contributed by atoms with Crippen LogP contribution in [0.2, 0.25) is 0 Å². The van der Waals surface area contributed by atoms with Crippen LogP contribution in [0, 0.1) is 0 Å². The summed E-state index contributed by atoms with van der Waals surface area (Å²) in [4.78, 5) is 0. The van der Waals surface area contributed by atoms with Crippen LogP contribution in [0.4, 0.5) is 0 Å². The van der Waals surface area contributed by atoms with E-state index in [1.807, 2.05) is 0 Å². The van der Waals surface area contributed by atoms with Gasteiger partial charge in [0.2, 0.25) is 0 Å². The van der Waals surface area contributed by atoms with E-state index >= 15 is 0 Å². The van der Waals surface area contributed by atoms with Gasteiger partial charge in [0.05, 0.1) is 0 Å². The number of hydrogen-bond acceptors (Lipinski definition) is 1. The fraction of sp³-hybridized carbons (Fsp3) is 0.0909. The molecule has 24 heavy (non-hydrogen) atoms. The molecule has 3 aromatic carbocycles. The van der Waals surface area contributed by atoms with Gasteiger partial charge in [-0.2, -0.15) is 0 Å². The SMILES string of the molecule is C1=C(O[Si](c2ccccc2)c2ccccc2)c2ccccc2CC1. The van der Waals surface area contributed by atoms with E-state index in [-0.39, 0.29) is 0 Å². The summed E-state index contributed by atoms with van der Waals surface area (Å²) in [5.74, 6) is 1.04. The van der Waals surface area contributed by atoms with Gasteiger partial charge in [-0.1, -0.05) is 84.9 Å². The maximum Gasteiger partial charge on any atom is 0.352 e. The molecule has 0 fully saturated rings. The minimum Gasteiger partial charge on any atom is -0.532 e. The second-order valence-electron chi connectivity index (χ2n) is 5.93. The van der Waals surface area contributed by atoms with Gasteiger partial charge in [0.1, 0.15) is 5.76 Å². The Hall–Kier alpha value is -2.58. The van der Waals surface area contributed by atoms with Gasteiger partial charge in [0.25, 0.3) is 0 Å². The molecule has 0 heterocycles. The first-order valence-corrected chi connectivity index (χ1v) is 9.77. The first-order chi connectivity index (χ1) is 11.9. The molecule has 3 aromatic rings. The van der Waals surface area contributed by atoms with E-state index in [1.165, 1.54) is 21.5 Å². The van der Waals surface area contributed by atoms with Crippen molar-refractivity contribution in [3.05, 3.63) is 102 Å². The lowest BCUT2D eigenvalue weighted by Gasteiger charge is -2.23. The Balaban J connectivity index is 1.72. The molecule has 0 amide bonds. The van der Waals surface area contributed by atoms with E-state index < -0.39 is 9.04 Å². The predicted octanol–water partition coefficient (Wildman–Crippen LogP) is 3.80. The van der Waals surface area contributed by atoms with Crippen LogP contribution >= 0.6 is 0 Å². The lowest BCUT2D eigenvalue weighted by molar-refractivity contribution is 0.540. The van der Waals surface area contributed by atoms with Crippen LogP contribution in [0.5, 0.6) is 0 Å². The smallest absolute Gasteiger partial charge is 0.352 e. The summed E-state index contributed by atoms with van der Waals surface area (Å²) >= 11 is 0. The van der Waals surface area contributed by atoms with E-state index in [9.17, 15) is 0 Å². The fourth-order valence-electron chi connectivity index (χ4n) is 3.12. The van der Waals surface area contributed by atoms with Gasteiger partial charge in [0, 0.05) is 5.56 Å². The van der Waals surface area contributed by atoms with Gasteiger partial charge >= 0.3 is 9.04 Å². The fourth-order valence-corrected chi connectivity index (χ4v) is 5.09. The molecule has 2 heteroatoms. The third-order valence-corrected chi connectivity index (χ3v) is 6.45. The highest BCUT2D eigenvalue weighted by Crippen LogP contribution is 2.27. The summed E-state index contributed by atoms with van der Waals surface area (Å²) in [5, 5.41) is 2.55. The molecule has 0 saturated carbocycles. The largest absolute Gasteiger partial charge is 0.532 e. The standard InChI is InChI=1S/C22H19OSi/c1-3-12-19(13-4-1)24(20-14-5-2-6-15-20)23-22-17-9-11-18-10-7-8-16-21(18)22/h1-8,10,12-17H,9,11H2. The van der Waals surface area contributed by atoms with Crippen LogP contribution in [-0.2, 0) is 10.8 Å².